The topological polar surface area (TPSA) is 105 Å². The second kappa shape index (κ2) is 12.4. The Kier molecular flexibility index (Phi) is 8.75. The Morgan fingerprint density at radius 3 is 2.78 bits per heavy atom. The molecule has 1 aromatic carbocycles. The first-order valence-corrected chi connectivity index (χ1v) is 13.2. The number of amides is 2. The molecule has 0 bridgehead atoms. The number of para-hydroxylation sites is 1. The molecule has 4 rings (SSSR count). The molecule has 1 atom stereocenters. The average molecular weight is 519 g/mol. The first-order chi connectivity index (χ1) is 18.0. The number of anilines is 1. The van der Waals surface area contributed by atoms with Gasteiger partial charge >= 0.3 is 6.09 Å². The number of nitrogens with zero attached hydrogens (tertiary/aromatic N) is 3. The van der Waals surface area contributed by atoms with Gasteiger partial charge in [-0.1, -0.05) is 25.1 Å². The first kappa shape index (κ1) is 26.2. The van der Waals surface area contributed by atoms with Gasteiger partial charge in [-0.15, -0.1) is 11.3 Å². The molecule has 2 aromatic heterocycles. The monoisotopic (exact) mass is 518 g/mol. The van der Waals surface area contributed by atoms with Crippen molar-refractivity contribution >= 4 is 28.3 Å². The maximum atomic E-state index is 12.9. The SMILES string of the molecule is CCOc1ccccc1C(C)CC(=O)Nc1sc2c(c1C#N)CCN(C(=O)OCCc1ccncc1)C2. The number of hydrogen-bond donors (Lipinski definition) is 1. The third-order valence-corrected chi connectivity index (χ3v) is 7.42. The zero-order valence-corrected chi connectivity index (χ0v) is 21.8. The molecule has 0 aliphatic carbocycles. The zero-order valence-electron chi connectivity index (χ0n) is 21.0. The van der Waals surface area contributed by atoms with Crippen LogP contribution < -0.4 is 10.1 Å². The molecule has 0 radical (unpaired) electrons. The Hall–Kier alpha value is -3.90. The molecule has 0 saturated heterocycles. The van der Waals surface area contributed by atoms with Gasteiger partial charge in [0.2, 0.25) is 5.91 Å². The van der Waals surface area contributed by atoms with E-state index in [1.165, 1.54) is 11.3 Å². The fourth-order valence-corrected chi connectivity index (χ4v) is 5.63. The summed E-state index contributed by atoms with van der Waals surface area (Å²) in [6, 6.07) is 13.8. The molecule has 1 N–H and O–H groups in total. The minimum absolute atomic E-state index is 0.0553. The summed E-state index contributed by atoms with van der Waals surface area (Å²) < 4.78 is 11.2. The van der Waals surface area contributed by atoms with Crippen LogP contribution in [0.5, 0.6) is 5.75 Å². The highest BCUT2D eigenvalue weighted by Crippen LogP contribution is 2.37. The van der Waals surface area contributed by atoms with Gasteiger partial charge in [-0.05, 0) is 54.2 Å². The summed E-state index contributed by atoms with van der Waals surface area (Å²) in [6.45, 7) is 5.57. The van der Waals surface area contributed by atoms with Crippen LogP contribution in [-0.4, -0.2) is 41.6 Å². The van der Waals surface area contributed by atoms with E-state index in [-0.39, 0.29) is 30.9 Å². The Bertz CT molecular complexity index is 1290. The summed E-state index contributed by atoms with van der Waals surface area (Å²) >= 11 is 1.36. The predicted molar refractivity (Wildman–Crippen MR) is 142 cm³/mol. The molecule has 9 heteroatoms. The molecule has 3 aromatic rings. The molecule has 1 unspecified atom stereocenters. The van der Waals surface area contributed by atoms with E-state index in [2.05, 4.69) is 16.4 Å². The molecule has 2 amide bonds. The number of pyridine rings is 1. The number of hydrogen-bond acceptors (Lipinski definition) is 7. The van der Waals surface area contributed by atoms with E-state index in [1.54, 1.807) is 17.3 Å². The van der Waals surface area contributed by atoms with Crippen molar-refractivity contribution < 1.29 is 19.1 Å². The van der Waals surface area contributed by atoms with Crippen LogP contribution in [0.1, 0.15) is 53.3 Å². The van der Waals surface area contributed by atoms with Crippen molar-refractivity contribution in [1.82, 2.24) is 9.88 Å². The van der Waals surface area contributed by atoms with Crippen LogP contribution in [-0.2, 0) is 28.9 Å². The van der Waals surface area contributed by atoms with Gasteiger partial charge in [-0.3, -0.25) is 9.78 Å². The maximum absolute atomic E-state index is 12.9. The lowest BCUT2D eigenvalue weighted by molar-refractivity contribution is -0.116. The molecule has 8 nitrogen and oxygen atoms in total. The van der Waals surface area contributed by atoms with E-state index in [4.69, 9.17) is 9.47 Å². The van der Waals surface area contributed by atoms with E-state index >= 15 is 0 Å². The van der Waals surface area contributed by atoms with E-state index < -0.39 is 0 Å². The summed E-state index contributed by atoms with van der Waals surface area (Å²) in [5.41, 5.74) is 3.42. The quantitative estimate of drug-likeness (QED) is 0.413. The number of thiophene rings is 1. The molecule has 37 heavy (non-hydrogen) atoms. The van der Waals surface area contributed by atoms with E-state index in [1.807, 2.05) is 50.2 Å². The van der Waals surface area contributed by atoms with Crippen molar-refractivity contribution in [3.05, 3.63) is 75.9 Å². The van der Waals surface area contributed by atoms with Crippen LogP contribution in [0.3, 0.4) is 0 Å². The Morgan fingerprint density at radius 2 is 2.03 bits per heavy atom. The molecular weight excluding hydrogens is 488 g/mol. The largest absolute Gasteiger partial charge is 0.494 e. The number of nitrogens with one attached hydrogen (secondary N) is 1. The van der Waals surface area contributed by atoms with Crippen molar-refractivity contribution in [1.29, 1.82) is 5.26 Å². The van der Waals surface area contributed by atoms with E-state index in [0.717, 1.165) is 27.3 Å². The molecule has 1 aliphatic rings. The summed E-state index contributed by atoms with van der Waals surface area (Å²) in [6.07, 6.45) is 4.47. The van der Waals surface area contributed by atoms with Crippen LogP contribution in [0.4, 0.5) is 9.80 Å². The first-order valence-electron chi connectivity index (χ1n) is 12.4. The maximum Gasteiger partial charge on any atom is 0.410 e. The third kappa shape index (κ3) is 6.46. The molecule has 0 saturated carbocycles. The highest BCUT2D eigenvalue weighted by Gasteiger charge is 2.28. The van der Waals surface area contributed by atoms with Crippen LogP contribution in [0.2, 0.25) is 0 Å². The predicted octanol–water partition coefficient (Wildman–Crippen LogP) is 5.28. The van der Waals surface area contributed by atoms with Gasteiger partial charge < -0.3 is 19.7 Å². The zero-order chi connectivity index (χ0) is 26.2. The number of rotatable bonds is 9. The fourth-order valence-electron chi connectivity index (χ4n) is 4.40. The third-order valence-electron chi connectivity index (χ3n) is 6.29. The van der Waals surface area contributed by atoms with Crippen molar-refractivity contribution in [2.75, 3.05) is 25.1 Å². The van der Waals surface area contributed by atoms with Crippen LogP contribution >= 0.6 is 11.3 Å². The Labute approximate surface area is 220 Å². The molecule has 0 spiro atoms. The lowest BCUT2D eigenvalue weighted by Gasteiger charge is -2.26. The lowest BCUT2D eigenvalue weighted by atomic mass is 9.96. The van der Waals surface area contributed by atoms with Gasteiger partial charge in [-0.2, -0.15) is 5.26 Å². The molecule has 0 fully saturated rings. The van der Waals surface area contributed by atoms with Gasteiger partial charge in [0.15, 0.2) is 0 Å². The molecule has 3 heterocycles. The minimum Gasteiger partial charge on any atom is -0.494 e. The highest BCUT2D eigenvalue weighted by atomic mass is 32.1. The van der Waals surface area contributed by atoms with E-state index in [9.17, 15) is 14.9 Å². The summed E-state index contributed by atoms with van der Waals surface area (Å²) in [5, 5.41) is 13.3. The summed E-state index contributed by atoms with van der Waals surface area (Å²) in [7, 11) is 0. The van der Waals surface area contributed by atoms with Gasteiger partial charge in [0, 0.05) is 36.7 Å². The number of carbonyl (C=O) groups is 2. The van der Waals surface area contributed by atoms with Gasteiger partial charge in [0.1, 0.15) is 16.8 Å². The van der Waals surface area contributed by atoms with Crippen LogP contribution in [0.15, 0.2) is 48.8 Å². The number of ether oxygens (including phenoxy) is 2. The lowest BCUT2D eigenvalue weighted by Crippen LogP contribution is -2.36. The van der Waals surface area contributed by atoms with Gasteiger partial charge in [-0.25, -0.2) is 4.79 Å². The van der Waals surface area contributed by atoms with Crippen LogP contribution in [0.25, 0.3) is 0 Å². The second-order valence-corrected chi connectivity index (χ2v) is 9.94. The number of nitriles is 1. The molecule has 192 valence electrons. The number of fused-ring (bicyclic) bond motifs is 1. The normalized spacial score (nSPS) is 13.3. The Balaban J connectivity index is 1.36. The summed E-state index contributed by atoms with van der Waals surface area (Å²) in [4.78, 5) is 32.1. The highest BCUT2D eigenvalue weighted by molar-refractivity contribution is 7.16. The molecular formula is C28H30N4O4S. The smallest absolute Gasteiger partial charge is 0.410 e. The van der Waals surface area contributed by atoms with Gasteiger partial charge in [0.05, 0.1) is 25.3 Å². The van der Waals surface area contributed by atoms with Crippen molar-refractivity contribution in [2.24, 2.45) is 0 Å². The van der Waals surface area contributed by atoms with Crippen molar-refractivity contribution in [3.8, 4) is 11.8 Å². The standard InChI is InChI=1S/C28H30N4O4S/c1-3-35-24-7-5-4-6-21(24)19(2)16-26(33)31-27-23(17-29)22-10-14-32(18-25(22)37-27)28(34)36-15-11-20-8-12-30-13-9-20/h4-9,12-13,19H,3,10-11,14-16,18H2,1-2H3,(H,31,33). The fraction of sp³-hybridized carbons (Fsp3) is 0.357. The second-order valence-electron chi connectivity index (χ2n) is 8.84. The molecule has 1 aliphatic heterocycles. The van der Waals surface area contributed by atoms with Crippen molar-refractivity contribution in [3.63, 3.8) is 0 Å². The number of aromatic nitrogens is 1. The minimum atomic E-state index is -0.376. The number of carbonyl (C=O) groups excluding carboxylic acids is 2. The summed E-state index contributed by atoms with van der Waals surface area (Å²) in [5.74, 6) is 0.559. The van der Waals surface area contributed by atoms with Gasteiger partial charge in [0.25, 0.3) is 0 Å². The number of benzene rings is 1. The van der Waals surface area contributed by atoms with Crippen molar-refractivity contribution in [2.45, 2.75) is 45.6 Å². The van der Waals surface area contributed by atoms with Crippen LogP contribution in [0, 0.1) is 11.3 Å². The van der Waals surface area contributed by atoms with E-state index in [0.29, 0.717) is 43.1 Å². The average Bonchev–Trinajstić information content (AvgIpc) is 3.25. The Morgan fingerprint density at radius 1 is 1.24 bits per heavy atom.